The molecule has 0 saturated heterocycles. The Morgan fingerprint density at radius 1 is 1.22 bits per heavy atom. The zero-order valence-corrected chi connectivity index (χ0v) is 10.3. The van der Waals surface area contributed by atoms with Gasteiger partial charge in [0.05, 0.1) is 5.56 Å². The number of benzene rings is 1. The van der Waals surface area contributed by atoms with Crippen LogP contribution in [0, 0.1) is 11.6 Å². The van der Waals surface area contributed by atoms with Crippen LogP contribution in [0.4, 0.5) is 8.78 Å². The summed E-state index contributed by atoms with van der Waals surface area (Å²) >= 11 is 3.01. The molecule has 0 fully saturated rings. The first-order chi connectivity index (χ1) is 8.60. The van der Waals surface area contributed by atoms with Crippen molar-refractivity contribution in [2.45, 2.75) is 0 Å². The van der Waals surface area contributed by atoms with Crippen LogP contribution in [0.25, 0.3) is 0 Å². The highest BCUT2D eigenvalue weighted by Gasteiger charge is 2.13. The lowest BCUT2D eigenvalue weighted by molar-refractivity contribution is 0.112. The van der Waals surface area contributed by atoms with Crippen molar-refractivity contribution in [3.8, 4) is 11.8 Å². The largest absolute Gasteiger partial charge is 0.421 e. The molecule has 0 aliphatic carbocycles. The summed E-state index contributed by atoms with van der Waals surface area (Å²) in [5.74, 6) is -2.54. The molecular weight excluding hydrogens is 310 g/mol. The van der Waals surface area contributed by atoms with Gasteiger partial charge in [0.25, 0.3) is 0 Å². The first-order valence-corrected chi connectivity index (χ1v) is 5.49. The number of ether oxygens (including phenoxy) is 1. The van der Waals surface area contributed by atoms with Crippen molar-refractivity contribution in [1.29, 1.82) is 0 Å². The molecule has 1 aromatic carbocycles. The van der Waals surface area contributed by atoms with Crippen LogP contribution in [0.3, 0.4) is 0 Å². The van der Waals surface area contributed by atoms with E-state index < -0.39 is 11.6 Å². The van der Waals surface area contributed by atoms with Gasteiger partial charge in [0, 0.05) is 16.9 Å². The first-order valence-electron chi connectivity index (χ1n) is 4.70. The van der Waals surface area contributed by atoms with Gasteiger partial charge in [-0.05, 0) is 12.1 Å². The minimum atomic E-state index is -1.14. The summed E-state index contributed by atoms with van der Waals surface area (Å²) in [5, 5.41) is 0. The molecule has 7 heteroatoms. The molecule has 0 spiro atoms. The van der Waals surface area contributed by atoms with Crippen molar-refractivity contribution in [2.24, 2.45) is 0 Å². The summed E-state index contributed by atoms with van der Waals surface area (Å²) in [6, 6.07) is 2.03. The quantitative estimate of drug-likeness (QED) is 0.645. The molecule has 0 amide bonds. The van der Waals surface area contributed by atoms with Crippen LogP contribution in [0.5, 0.6) is 11.8 Å². The number of aldehydes is 1. The van der Waals surface area contributed by atoms with E-state index in [1.54, 1.807) is 0 Å². The van der Waals surface area contributed by atoms with Crippen molar-refractivity contribution in [2.75, 3.05) is 0 Å². The van der Waals surface area contributed by atoms with E-state index in [0.29, 0.717) is 10.8 Å². The number of hydrogen-bond acceptors (Lipinski definition) is 4. The number of nitrogens with zero attached hydrogens (tertiary/aromatic N) is 2. The first kappa shape index (κ1) is 12.6. The average molecular weight is 315 g/mol. The minimum Gasteiger partial charge on any atom is -0.421 e. The van der Waals surface area contributed by atoms with E-state index >= 15 is 0 Å². The number of hydrogen-bond donors (Lipinski definition) is 0. The number of aromatic nitrogens is 2. The smallest absolute Gasteiger partial charge is 0.322 e. The summed E-state index contributed by atoms with van der Waals surface area (Å²) in [6.45, 7) is 0. The normalized spacial score (nSPS) is 10.2. The maximum absolute atomic E-state index is 13.4. The molecule has 0 aliphatic heterocycles. The molecule has 0 atom stereocenters. The third kappa shape index (κ3) is 2.67. The van der Waals surface area contributed by atoms with Crippen LogP contribution in [-0.4, -0.2) is 16.3 Å². The molecule has 2 rings (SSSR count). The Morgan fingerprint density at radius 3 is 2.50 bits per heavy atom. The van der Waals surface area contributed by atoms with Crippen LogP contribution < -0.4 is 4.74 Å². The van der Waals surface area contributed by atoms with Crippen LogP contribution in [0.1, 0.15) is 10.4 Å². The fraction of sp³-hybridized carbons (Fsp3) is 0. The second-order valence-electron chi connectivity index (χ2n) is 3.22. The van der Waals surface area contributed by atoms with Gasteiger partial charge in [-0.1, -0.05) is 15.9 Å². The molecule has 0 N–H and O–H groups in total. The highest BCUT2D eigenvalue weighted by molar-refractivity contribution is 9.10. The van der Waals surface area contributed by atoms with Gasteiger partial charge >= 0.3 is 6.01 Å². The topological polar surface area (TPSA) is 52.1 Å². The van der Waals surface area contributed by atoms with Crippen molar-refractivity contribution in [3.63, 3.8) is 0 Å². The summed E-state index contributed by atoms with van der Waals surface area (Å²) < 4.78 is 31.8. The SMILES string of the molecule is O=Cc1cnc(Oc2cc(Br)cc(F)c2F)nc1. The van der Waals surface area contributed by atoms with Gasteiger partial charge in [-0.2, -0.15) is 4.39 Å². The Hall–Kier alpha value is -1.89. The van der Waals surface area contributed by atoms with E-state index in [1.807, 2.05) is 0 Å². The standard InChI is InChI=1S/C11H5BrF2N2O2/c12-7-1-8(13)10(14)9(2-7)18-11-15-3-6(5-17)4-16-11/h1-5H. The maximum Gasteiger partial charge on any atom is 0.322 e. The summed E-state index contributed by atoms with van der Waals surface area (Å²) in [7, 11) is 0. The third-order valence-corrected chi connectivity index (χ3v) is 2.40. The van der Waals surface area contributed by atoms with Crippen LogP contribution >= 0.6 is 15.9 Å². The zero-order chi connectivity index (χ0) is 13.1. The summed E-state index contributed by atoms with van der Waals surface area (Å²) in [6.07, 6.45) is 2.98. The molecular formula is C11H5BrF2N2O2. The van der Waals surface area contributed by atoms with E-state index in [1.165, 1.54) is 18.5 Å². The van der Waals surface area contributed by atoms with E-state index in [9.17, 15) is 13.6 Å². The Labute approximate surface area is 109 Å². The van der Waals surface area contributed by atoms with Gasteiger partial charge < -0.3 is 4.74 Å². The van der Waals surface area contributed by atoms with E-state index in [-0.39, 0.29) is 17.3 Å². The molecule has 0 saturated carbocycles. The minimum absolute atomic E-state index is 0.183. The highest BCUT2D eigenvalue weighted by Crippen LogP contribution is 2.27. The van der Waals surface area contributed by atoms with Gasteiger partial charge in [0.2, 0.25) is 5.82 Å². The monoisotopic (exact) mass is 314 g/mol. The predicted octanol–water partition coefficient (Wildman–Crippen LogP) is 3.12. The Balaban J connectivity index is 2.30. The van der Waals surface area contributed by atoms with E-state index in [0.717, 1.165) is 6.07 Å². The highest BCUT2D eigenvalue weighted by atomic mass is 79.9. The Kier molecular flexibility index (Phi) is 3.61. The fourth-order valence-electron chi connectivity index (χ4n) is 1.14. The van der Waals surface area contributed by atoms with Gasteiger partial charge in [-0.25, -0.2) is 14.4 Å². The fourth-order valence-corrected chi connectivity index (χ4v) is 1.55. The Morgan fingerprint density at radius 2 is 1.89 bits per heavy atom. The zero-order valence-electron chi connectivity index (χ0n) is 8.73. The molecule has 18 heavy (non-hydrogen) atoms. The number of carbonyl (C=O) groups excluding carboxylic acids is 1. The number of carbonyl (C=O) groups is 1. The van der Waals surface area contributed by atoms with Crippen molar-refractivity contribution in [3.05, 3.63) is 46.2 Å². The second kappa shape index (κ2) is 5.18. The average Bonchev–Trinajstić information content (AvgIpc) is 2.36. The van der Waals surface area contributed by atoms with Gasteiger partial charge in [0.1, 0.15) is 0 Å². The number of halogens is 3. The molecule has 1 heterocycles. The second-order valence-corrected chi connectivity index (χ2v) is 4.13. The lowest BCUT2D eigenvalue weighted by Crippen LogP contribution is -1.96. The van der Waals surface area contributed by atoms with Crippen molar-refractivity contribution in [1.82, 2.24) is 9.97 Å². The molecule has 2 aromatic rings. The predicted molar refractivity (Wildman–Crippen MR) is 61.6 cm³/mol. The molecule has 0 bridgehead atoms. The molecule has 1 aromatic heterocycles. The van der Waals surface area contributed by atoms with Gasteiger partial charge in [-0.15, -0.1) is 0 Å². The molecule has 4 nitrogen and oxygen atoms in total. The summed E-state index contributed by atoms with van der Waals surface area (Å²) in [4.78, 5) is 17.7. The molecule has 0 radical (unpaired) electrons. The lowest BCUT2D eigenvalue weighted by Gasteiger charge is -2.05. The van der Waals surface area contributed by atoms with Crippen molar-refractivity contribution >= 4 is 22.2 Å². The molecule has 92 valence electrons. The van der Waals surface area contributed by atoms with Crippen LogP contribution in [-0.2, 0) is 0 Å². The lowest BCUT2D eigenvalue weighted by atomic mass is 10.3. The van der Waals surface area contributed by atoms with E-state index in [4.69, 9.17) is 4.74 Å². The molecule has 0 unspecified atom stereocenters. The van der Waals surface area contributed by atoms with Gasteiger partial charge in [-0.3, -0.25) is 4.79 Å². The van der Waals surface area contributed by atoms with Gasteiger partial charge in [0.15, 0.2) is 17.9 Å². The molecule has 0 aliphatic rings. The maximum atomic E-state index is 13.4. The van der Waals surface area contributed by atoms with Crippen molar-refractivity contribution < 1.29 is 18.3 Å². The van der Waals surface area contributed by atoms with Crippen LogP contribution in [0.2, 0.25) is 0 Å². The van der Waals surface area contributed by atoms with E-state index in [2.05, 4.69) is 25.9 Å². The number of rotatable bonds is 3. The van der Waals surface area contributed by atoms with Crippen LogP contribution in [0.15, 0.2) is 29.0 Å². The summed E-state index contributed by atoms with van der Waals surface area (Å²) in [5.41, 5.74) is 0.253. The third-order valence-electron chi connectivity index (χ3n) is 1.95. The Bertz CT molecular complexity index is 590.